The predicted molar refractivity (Wildman–Crippen MR) is 81.2 cm³/mol. The van der Waals surface area contributed by atoms with E-state index in [0.29, 0.717) is 28.2 Å². The van der Waals surface area contributed by atoms with Crippen molar-refractivity contribution in [2.24, 2.45) is 5.92 Å². The Labute approximate surface area is 125 Å². The molecule has 1 N–H and O–H groups in total. The zero-order valence-electron chi connectivity index (χ0n) is 12.8. The number of rotatable bonds is 2. The quantitative estimate of drug-likeness (QED) is 0.755. The summed E-state index contributed by atoms with van der Waals surface area (Å²) in [6.45, 7) is 7.04. The van der Waals surface area contributed by atoms with Gasteiger partial charge in [-0.05, 0) is 19.9 Å². The van der Waals surface area contributed by atoms with Gasteiger partial charge in [0, 0.05) is 17.8 Å². The van der Waals surface area contributed by atoms with E-state index in [4.69, 9.17) is 0 Å². The van der Waals surface area contributed by atoms with Crippen molar-refractivity contribution in [2.75, 3.05) is 5.43 Å². The third-order valence-corrected chi connectivity index (χ3v) is 3.39. The second-order valence-electron chi connectivity index (χ2n) is 5.48. The molecule has 0 spiro atoms. The number of carbonyl (C=O) groups is 1. The van der Waals surface area contributed by atoms with Gasteiger partial charge in [0.1, 0.15) is 5.82 Å². The van der Waals surface area contributed by atoms with Crippen molar-refractivity contribution in [2.45, 2.75) is 27.7 Å². The predicted octanol–water partition coefficient (Wildman–Crippen LogP) is 0.782. The number of amides is 1. The molecule has 3 aromatic heterocycles. The van der Waals surface area contributed by atoms with E-state index in [9.17, 15) is 9.59 Å². The Bertz CT molecular complexity index is 953. The van der Waals surface area contributed by atoms with Gasteiger partial charge in [0.25, 0.3) is 11.3 Å². The monoisotopic (exact) mass is 300 g/mol. The fraction of sp³-hybridized carbons (Fsp3) is 0.357. The molecular formula is C14H16N6O2. The van der Waals surface area contributed by atoms with E-state index in [2.05, 4.69) is 20.5 Å². The molecule has 0 aliphatic carbocycles. The van der Waals surface area contributed by atoms with Crippen LogP contribution in [0.2, 0.25) is 0 Å². The van der Waals surface area contributed by atoms with Gasteiger partial charge < -0.3 is 0 Å². The number of fused-ring (bicyclic) bond motifs is 3. The first-order chi connectivity index (χ1) is 10.4. The van der Waals surface area contributed by atoms with Gasteiger partial charge in [-0.2, -0.15) is 9.50 Å². The Kier molecular flexibility index (Phi) is 3.16. The smallest absolute Gasteiger partial charge is 0.273 e. The average Bonchev–Trinajstić information content (AvgIpc) is 2.83. The lowest BCUT2D eigenvalue weighted by molar-refractivity contribution is -0.119. The molecule has 114 valence electrons. The molecule has 0 radical (unpaired) electrons. The minimum atomic E-state index is -0.341. The molecule has 8 nitrogen and oxygen atoms in total. The lowest BCUT2D eigenvalue weighted by atomic mass is 10.2. The summed E-state index contributed by atoms with van der Waals surface area (Å²) in [6, 6.07) is 1.78. The van der Waals surface area contributed by atoms with Crippen molar-refractivity contribution in [3.8, 4) is 0 Å². The fourth-order valence-electron chi connectivity index (χ4n) is 2.18. The molecule has 3 heterocycles. The van der Waals surface area contributed by atoms with Gasteiger partial charge in [0.15, 0.2) is 0 Å². The molecular weight excluding hydrogens is 284 g/mol. The molecule has 8 heteroatoms. The average molecular weight is 300 g/mol. The van der Waals surface area contributed by atoms with Gasteiger partial charge in [0.2, 0.25) is 5.91 Å². The number of nitrogens with one attached hydrogen (secondary N) is 1. The number of hydrogen-bond acceptors (Lipinski definition) is 5. The Hall–Kier alpha value is -2.77. The van der Waals surface area contributed by atoms with Gasteiger partial charge in [-0.1, -0.05) is 13.8 Å². The topological polar surface area (TPSA) is 94.2 Å². The number of aryl methyl sites for hydroxylation is 2. The van der Waals surface area contributed by atoms with Crippen LogP contribution in [0.25, 0.3) is 16.7 Å². The number of hydrogen-bond donors (Lipinski definition) is 1. The molecule has 0 saturated carbocycles. The second-order valence-corrected chi connectivity index (χ2v) is 5.48. The summed E-state index contributed by atoms with van der Waals surface area (Å²) in [7, 11) is 0. The summed E-state index contributed by atoms with van der Waals surface area (Å²) in [4.78, 5) is 32.8. The molecule has 0 aromatic carbocycles. The van der Waals surface area contributed by atoms with Crippen LogP contribution in [0.5, 0.6) is 0 Å². The van der Waals surface area contributed by atoms with Crippen molar-refractivity contribution in [3.05, 3.63) is 34.1 Å². The van der Waals surface area contributed by atoms with Crippen LogP contribution in [0.4, 0.5) is 0 Å². The first kappa shape index (κ1) is 14.2. The molecule has 22 heavy (non-hydrogen) atoms. The van der Waals surface area contributed by atoms with Crippen LogP contribution in [0, 0.1) is 19.8 Å². The van der Waals surface area contributed by atoms with Crippen LogP contribution >= 0.6 is 0 Å². The fourth-order valence-corrected chi connectivity index (χ4v) is 2.18. The molecule has 3 rings (SSSR count). The summed E-state index contributed by atoms with van der Waals surface area (Å²) >= 11 is 0. The van der Waals surface area contributed by atoms with Gasteiger partial charge in [-0.25, -0.2) is 9.66 Å². The van der Waals surface area contributed by atoms with E-state index in [0.717, 1.165) is 0 Å². The van der Waals surface area contributed by atoms with Crippen molar-refractivity contribution in [3.63, 3.8) is 0 Å². The van der Waals surface area contributed by atoms with Crippen LogP contribution in [0.3, 0.4) is 0 Å². The Morgan fingerprint density at radius 1 is 1.32 bits per heavy atom. The second kappa shape index (κ2) is 4.90. The van der Waals surface area contributed by atoms with Crippen LogP contribution in [0.1, 0.15) is 25.4 Å². The minimum Gasteiger partial charge on any atom is -0.273 e. The van der Waals surface area contributed by atoms with E-state index in [-0.39, 0.29) is 17.4 Å². The van der Waals surface area contributed by atoms with Crippen molar-refractivity contribution in [1.29, 1.82) is 0 Å². The Morgan fingerprint density at radius 2 is 2.05 bits per heavy atom. The van der Waals surface area contributed by atoms with Gasteiger partial charge in [-0.15, -0.1) is 5.10 Å². The Morgan fingerprint density at radius 3 is 2.73 bits per heavy atom. The lowest BCUT2D eigenvalue weighted by Gasteiger charge is -2.14. The molecule has 0 fully saturated rings. The largest absolute Gasteiger partial charge is 0.280 e. The molecule has 0 bridgehead atoms. The molecule has 0 aliphatic heterocycles. The molecule has 0 saturated heterocycles. The van der Waals surface area contributed by atoms with Crippen molar-refractivity contribution in [1.82, 2.24) is 24.3 Å². The maximum atomic E-state index is 12.6. The number of aromatic nitrogens is 5. The highest BCUT2D eigenvalue weighted by atomic mass is 16.2. The number of nitrogens with zero attached hydrogens (tertiary/aromatic N) is 5. The zero-order chi connectivity index (χ0) is 16.0. The molecule has 1 amide bonds. The third kappa shape index (κ3) is 2.12. The van der Waals surface area contributed by atoms with Gasteiger partial charge >= 0.3 is 0 Å². The summed E-state index contributed by atoms with van der Waals surface area (Å²) in [5.41, 5.74) is 3.49. The molecule has 0 atom stereocenters. The van der Waals surface area contributed by atoms with Crippen LogP contribution in [-0.4, -0.2) is 30.2 Å². The van der Waals surface area contributed by atoms with E-state index in [1.165, 1.54) is 15.4 Å². The minimum absolute atomic E-state index is 0.222. The summed E-state index contributed by atoms with van der Waals surface area (Å²) in [6.07, 6.45) is 1.46. The molecule has 3 aromatic rings. The maximum Gasteiger partial charge on any atom is 0.280 e. The summed E-state index contributed by atoms with van der Waals surface area (Å²) < 4.78 is 2.77. The van der Waals surface area contributed by atoms with E-state index < -0.39 is 0 Å². The van der Waals surface area contributed by atoms with E-state index in [1.54, 1.807) is 33.8 Å². The van der Waals surface area contributed by atoms with E-state index in [1.807, 2.05) is 0 Å². The summed E-state index contributed by atoms with van der Waals surface area (Å²) in [5.74, 6) is 0.568. The van der Waals surface area contributed by atoms with Crippen LogP contribution < -0.4 is 11.0 Å². The first-order valence-corrected chi connectivity index (χ1v) is 6.94. The van der Waals surface area contributed by atoms with E-state index >= 15 is 0 Å². The molecule has 0 unspecified atom stereocenters. The van der Waals surface area contributed by atoms with Crippen LogP contribution in [0.15, 0.2) is 17.1 Å². The van der Waals surface area contributed by atoms with Crippen molar-refractivity contribution < 1.29 is 4.79 Å². The summed E-state index contributed by atoms with van der Waals surface area (Å²) in [5, 5.41) is 4.62. The SMILES string of the molecule is Cc1nc2ncc3c(=O)n(NC(=O)C(C)C)c(C)cc3n2n1. The molecule has 0 aliphatic rings. The lowest BCUT2D eigenvalue weighted by Crippen LogP contribution is -2.36. The Balaban J connectivity index is 2.27. The third-order valence-electron chi connectivity index (χ3n) is 3.39. The maximum absolute atomic E-state index is 12.6. The van der Waals surface area contributed by atoms with Gasteiger partial charge in [0.05, 0.1) is 10.9 Å². The normalized spacial score (nSPS) is 11.5. The number of pyridine rings is 1. The highest BCUT2D eigenvalue weighted by Gasteiger charge is 2.15. The number of carbonyl (C=O) groups excluding carboxylic acids is 1. The van der Waals surface area contributed by atoms with Crippen molar-refractivity contribution >= 4 is 22.6 Å². The van der Waals surface area contributed by atoms with Crippen LogP contribution in [-0.2, 0) is 4.79 Å². The zero-order valence-corrected chi connectivity index (χ0v) is 12.8. The highest BCUT2D eigenvalue weighted by molar-refractivity contribution is 5.86. The first-order valence-electron chi connectivity index (χ1n) is 6.94. The van der Waals surface area contributed by atoms with Gasteiger partial charge in [-0.3, -0.25) is 15.0 Å². The highest BCUT2D eigenvalue weighted by Crippen LogP contribution is 2.12. The standard InChI is InChI=1S/C14H16N6O2/c1-7(2)12(21)18-19-8(3)5-11-10(13(19)22)6-15-14-16-9(4)17-20(11)14/h5-7H,1-4H3,(H,18,21).